The molecule has 0 aliphatic rings. The molecule has 0 N–H and O–H groups in total. The lowest BCUT2D eigenvalue weighted by molar-refractivity contribution is 0.334. The molecule has 13 heavy (non-hydrogen) atoms. The van der Waals surface area contributed by atoms with Gasteiger partial charge in [-0.05, 0) is 25.7 Å². The van der Waals surface area contributed by atoms with Crippen molar-refractivity contribution in [2.24, 2.45) is 0 Å². The monoisotopic (exact) mass is 183 g/mol. The summed E-state index contributed by atoms with van der Waals surface area (Å²) < 4.78 is 0. The van der Waals surface area contributed by atoms with Crippen molar-refractivity contribution in [3.8, 4) is 0 Å². The Morgan fingerprint density at radius 3 is 1.85 bits per heavy atom. The van der Waals surface area contributed by atoms with Crippen LogP contribution in [0.3, 0.4) is 0 Å². The third-order valence-corrected chi connectivity index (χ3v) is 2.20. The smallest absolute Gasteiger partial charge is 0.0172 e. The zero-order chi connectivity index (χ0) is 10.1. The molecule has 0 fully saturated rings. The van der Waals surface area contributed by atoms with E-state index in [1.165, 1.54) is 38.0 Å². The maximum atomic E-state index is 2.53. The summed E-state index contributed by atoms with van der Waals surface area (Å²) in [6.45, 7) is 11.4. The van der Waals surface area contributed by atoms with Gasteiger partial charge in [0.1, 0.15) is 0 Å². The molecule has 1 heteroatoms. The van der Waals surface area contributed by atoms with Gasteiger partial charge in [0, 0.05) is 18.8 Å². The number of rotatable bonds is 7. The first-order chi connectivity index (χ1) is 6.29. The van der Waals surface area contributed by atoms with Crippen molar-refractivity contribution in [3.63, 3.8) is 0 Å². The number of allylic oxidation sites excluding steroid dienone is 2. The minimum absolute atomic E-state index is 1.16. The van der Waals surface area contributed by atoms with Gasteiger partial charge in [0.25, 0.3) is 0 Å². The Labute approximate surface area is 83.8 Å². The van der Waals surface area contributed by atoms with Gasteiger partial charge in [-0.25, -0.2) is 0 Å². The zero-order valence-electron chi connectivity index (χ0n) is 9.77. The first-order valence-electron chi connectivity index (χ1n) is 5.73. The standard InChI is InChI=1S/C12H25N/c1-5-9-12(8-4)13(10-6-2)11-7-3/h9H,5-8,10-11H2,1-4H3/b12-9+. The molecule has 0 saturated heterocycles. The summed E-state index contributed by atoms with van der Waals surface area (Å²) in [4.78, 5) is 2.53. The Morgan fingerprint density at radius 2 is 1.54 bits per heavy atom. The van der Waals surface area contributed by atoms with Gasteiger partial charge in [-0.1, -0.05) is 33.8 Å². The molecule has 0 atom stereocenters. The molecule has 0 radical (unpaired) electrons. The minimum Gasteiger partial charge on any atom is -0.375 e. The van der Waals surface area contributed by atoms with Gasteiger partial charge < -0.3 is 4.90 Å². The van der Waals surface area contributed by atoms with Crippen LogP contribution in [0.1, 0.15) is 53.4 Å². The quantitative estimate of drug-likeness (QED) is 0.580. The molecule has 0 amide bonds. The van der Waals surface area contributed by atoms with Crippen molar-refractivity contribution in [3.05, 3.63) is 11.8 Å². The van der Waals surface area contributed by atoms with Crippen molar-refractivity contribution >= 4 is 0 Å². The van der Waals surface area contributed by atoms with Gasteiger partial charge in [-0.15, -0.1) is 0 Å². The molecule has 0 heterocycles. The Hall–Kier alpha value is -0.460. The highest BCUT2D eigenvalue weighted by molar-refractivity contribution is 5.00. The molecule has 0 aromatic rings. The van der Waals surface area contributed by atoms with E-state index in [1.54, 1.807) is 0 Å². The lowest BCUT2D eigenvalue weighted by Gasteiger charge is -2.26. The summed E-state index contributed by atoms with van der Waals surface area (Å²) in [5.41, 5.74) is 1.53. The van der Waals surface area contributed by atoms with E-state index in [0.717, 1.165) is 6.42 Å². The topological polar surface area (TPSA) is 3.24 Å². The summed E-state index contributed by atoms with van der Waals surface area (Å²) in [6.07, 6.45) is 7.20. The number of nitrogens with zero attached hydrogens (tertiary/aromatic N) is 1. The fraction of sp³-hybridized carbons (Fsp3) is 0.833. The van der Waals surface area contributed by atoms with E-state index in [2.05, 4.69) is 38.7 Å². The molecule has 0 rings (SSSR count). The summed E-state index contributed by atoms with van der Waals surface area (Å²) in [5, 5.41) is 0. The van der Waals surface area contributed by atoms with Gasteiger partial charge in [0.15, 0.2) is 0 Å². The Bertz CT molecular complexity index is 132. The van der Waals surface area contributed by atoms with Crippen LogP contribution in [-0.4, -0.2) is 18.0 Å². The molecule has 78 valence electrons. The van der Waals surface area contributed by atoms with E-state index >= 15 is 0 Å². The first kappa shape index (κ1) is 12.5. The predicted octanol–water partition coefficient (Wildman–Crippen LogP) is 3.81. The number of hydrogen-bond donors (Lipinski definition) is 0. The molecular formula is C12H25N. The van der Waals surface area contributed by atoms with Gasteiger partial charge in [-0.2, -0.15) is 0 Å². The summed E-state index contributed by atoms with van der Waals surface area (Å²) in [5.74, 6) is 0. The van der Waals surface area contributed by atoms with Crippen LogP contribution in [0.4, 0.5) is 0 Å². The SMILES string of the molecule is CC/C=C(\CC)N(CCC)CCC. The Kier molecular flexibility index (Phi) is 7.86. The van der Waals surface area contributed by atoms with E-state index in [9.17, 15) is 0 Å². The maximum absolute atomic E-state index is 2.53. The summed E-state index contributed by atoms with van der Waals surface area (Å²) >= 11 is 0. The van der Waals surface area contributed by atoms with Crippen LogP contribution < -0.4 is 0 Å². The first-order valence-corrected chi connectivity index (χ1v) is 5.73. The fourth-order valence-corrected chi connectivity index (χ4v) is 1.67. The van der Waals surface area contributed by atoms with Gasteiger partial charge in [0.2, 0.25) is 0 Å². The Morgan fingerprint density at radius 1 is 1.00 bits per heavy atom. The Balaban J connectivity index is 4.20. The largest absolute Gasteiger partial charge is 0.375 e. The highest BCUT2D eigenvalue weighted by Crippen LogP contribution is 2.11. The van der Waals surface area contributed by atoms with Crippen LogP contribution >= 0.6 is 0 Å². The van der Waals surface area contributed by atoms with Gasteiger partial charge in [-0.3, -0.25) is 0 Å². The van der Waals surface area contributed by atoms with Crippen molar-refractivity contribution in [2.75, 3.05) is 13.1 Å². The maximum Gasteiger partial charge on any atom is 0.0172 e. The third kappa shape index (κ3) is 4.97. The molecule has 0 unspecified atom stereocenters. The molecule has 0 spiro atoms. The summed E-state index contributed by atoms with van der Waals surface area (Å²) in [7, 11) is 0. The summed E-state index contributed by atoms with van der Waals surface area (Å²) in [6, 6.07) is 0. The fourth-order valence-electron chi connectivity index (χ4n) is 1.67. The minimum atomic E-state index is 1.16. The van der Waals surface area contributed by atoms with E-state index in [1.807, 2.05) is 0 Å². The molecule has 0 aromatic heterocycles. The lowest BCUT2D eigenvalue weighted by atomic mass is 10.2. The van der Waals surface area contributed by atoms with Crippen molar-refractivity contribution in [1.29, 1.82) is 0 Å². The molecule has 0 bridgehead atoms. The predicted molar refractivity (Wildman–Crippen MR) is 60.8 cm³/mol. The van der Waals surface area contributed by atoms with E-state index in [4.69, 9.17) is 0 Å². The van der Waals surface area contributed by atoms with E-state index < -0.39 is 0 Å². The van der Waals surface area contributed by atoms with Crippen LogP contribution in [0.25, 0.3) is 0 Å². The lowest BCUT2D eigenvalue weighted by Crippen LogP contribution is -2.24. The second-order valence-electron chi connectivity index (χ2n) is 3.44. The van der Waals surface area contributed by atoms with E-state index in [-0.39, 0.29) is 0 Å². The molecular weight excluding hydrogens is 158 g/mol. The second kappa shape index (κ2) is 8.15. The van der Waals surface area contributed by atoms with Gasteiger partial charge >= 0.3 is 0 Å². The zero-order valence-corrected chi connectivity index (χ0v) is 9.77. The number of hydrogen-bond acceptors (Lipinski definition) is 1. The molecule has 0 aliphatic carbocycles. The van der Waals surface area contributed by atoms with Crippen LogP contribution in [0, 0.1) is 0 Å². The molecule has 0 aliphatic heterocycles. The molecule has 0 saturated carbocycles. The third-order valence-electron chi connectivity index (χ3n) is 2.20. The average molecular weight is 183 g/mol. The van der Waals surface area contributed by atoms with Crippen LogP contribution in [0.2, 0.25) is 0 Å². The highest BCUT2D eigenvalue weighted by atomic mass is 15.1. The van der Waals surface area contributed by atoms with Crippen LogP contribution in [-0.2, 0) is 0 Å². The molecule has 0 aromatic carbocycles. The normalized spacial score (nSPS) is 11.8. The average Bonchev–Trinajstić information content (AvgIpc) is 2.14. The molecule has 1 nitrogen and oxygen atoms in total. The van der Waals surface area contributed by atoms with Crippen LogP contribution in [0.15, 0.2) is 11.8 Å². The van der Waals surface area contributed by atoms with Crippen molar-refractivity contribution < 1.29 is 0 Å². The highest BCUT2D eigenvalue weighted by Gasteiger charge is 2.04. The van der Waals surface area contributed by atoms with E-state index in [0.29, 0.717) is 0 Å². The second-order valence-corrected chi connectivity index (χ2v) is 3.44. The van der Waals surface area contributed by atoms with Gasteiger partial charge in [0.05, 0.1) is 0 Å². The van der Waals surface area contributed by atoms with Crippen molar-refractivity contribution in [2.45, 2.75) is 53.4 Å². The van der Waals surface area contributed by atoms with Crippen molar-refractivity contribution in [1.82, 2.24) is 4.90 Å². The van der Waals surface area contributed by atoms with Crippen LogP contribution in [0.5, 0.6) is 0 Å².